The fourth-order valence-corrected chi connectivity index (χ4v) is 7.76. The number of halogens is 2. The Morgan fingerprint density at radius 3 is 2.36 bits per heavy atom. The first kappa shape index (κ1) is 42.3. The molecule has 1 aromatic carbocycles. The summed E-state index contributed by atoms with van der Waals surface area (Å²) < 4.78 is 7.17. The van der Waals surface area contributed by atoms with Gasteiger partial charge in [-0.1, -0.05) is 65.0 Å². The molecule has 0 spiro atoms. The summed E-state index contributed by atoms with van der Waals surface area (Å²) in [6.45, 7) is 7.25. The van der Waals surface area contributed by atoms with E-state index in [9.17, 15) is 28.8 Å². The molecule has 2 saturated carbocycles. The van der Waals surface area contributed by atoms with Gasteiger partial charge in [0.25, 0.3) is 11.8 Å². The van der Waals surface area contributed by atoms with Gasteiger partial charge in [0.05, 0.1) is 23.8 Å². The summed E-state index contributed by atoms with van der Waals surface area (Å²) in [6.07, 6.45) is 10.2. The molecule has 2 aliphatic carbocycles. The van der Waals surface area contributed by atoms with Crippen LogP contribution in [-0.4, -0.2) is 93.0 Å². The van der Waals surface area contributed by atoms with Crippen LogP contribution in [0, 0.1) is 14.9 Å². The number of ether oxygens (including phenoxy) is 1. The van der Waals surface area contributed by atoms with Gasteiger partial charge in [-0.3, -0.25) is 33.8 Å². The number of hydrogen-bond donors (Lipinski definition) is 4. The average molecular weight is 892 g/mol. The van der Waals surface area contributed by atoms with E-state index in [4.69, 9.17) is 16.3 Å². The second-order valence-corrected chi connectivity index (χ2v) is 17.4. The second-order valence-electron chi connectivity index (χ2n) is 15.8. The highest BCUT2D eigenvalue weighted by Crippen LogP contribution is 2.33. The number of amides is 5. The van der Waals surface area contributed by atoms with E-state index in [1.165, 1.54) is 23.5 Å². The van der Waals surface area contributed by atoms with Crippen LogP contribution in [0.2, 0.25) is 5.02 Å². The molecule has 3 aliphatic rings. The zero-order valence-electron chi connectivity index (χ0n) is 31.7. The van der Waals surface area contributed by atoms with Crippen LogP contribution in [0.4, 0.5) is 0 Å². The molecule has 1 unspecified atom stereocenters. The maximum absolute atomic E-state index is 14.8. The van der Waals surface area contributed by atoms with Gasteiger partial charge in [-0.2, -0.15) is 0 Å². The van der Waals surface area contributed by atoms with Crippen molar-refractivity contribution in [2.24, 2.45) is 11.3 Å². The Hall–Kier alpha value is -3.86. The van der Waals surface area contributed by atoms with Gasteiger partial charge in [0.15, 0.2) is 0 Å². The molecule has 2 heterocycles. The Morgan fingerprint density at radius 1 is 1.00 bits per heavy atom. The van der Waals surface area contributed by atoms with Gasteiger partial charge in [-0.15, -0.1) is 0 Å². The third-order valence-corrected chi connectivity index (χ3v) is 11.3. The third kappa shape index (κ3) is 11.4. The van der Waals surface area contributed by atoms with E-state index >= 15 is 0 Å². The maximum atomic E-state index is 14.8. The van der Waals surface area contributed by atoms with Crippen molar-refractivity contribution in [3.8, 4) is 5.75 Å². The van der Waals surface area contributed by atoms with E-state index in [-0.39, 0.29) is 37.0 Å². The number of likely N-dealkylation sites (tertiary alicyclic amines) is 1. The number of nitrogens with zero attached hydrogens (tertiary/aromatic N) is 3. The maximum Gasteiger partial charge on any atom is 0.289 e. The molecule has 1 aromatic heterocycles. The molecule has 5 atom stereocenters. The van der Waals surface area contributed by atoms with E-state index < -0.39 is 71.0 Å². The van der Waals surface area contributed by atoms with Crippen LogP contribution in [0.15, 0.2) is 36.8 Å². The Balaban J connectivity index is 1.41. The lowest BCUT2D eigenvalue weighted by Crippen LogP contribution is -2.62. The highest BCUT2D eigenvalue weighted by molar-refractivity contribution is 14.1. The lowest BCUT2D eigenvalue weighted by molar-refractivity contribution is -0.145. The summed E-state index contributed by atoms with van der Waals surface area (Å²) in [5.41, 5.74) is -0.784. The molecule has 14 nitrogen and oxygen atoms in total. The summed E-state index contributed by atoms with van der Waals surface area (Å²) in [6, 6.07) is 0.967. The molecule has 4 N–H and O–H groups in total. The quantitative estimate of drug-likeness (QED) is 0.151. The highest BCUT2D eigenvalue weighted by atomic mass is 127. The number of carbonyl (C=O) groups excluding carboxylic acids is 6. The SMILES string of the molecule is CCC[C@H](NC(=O)C1C[C@@H](Oc2cc(I)ccc2Cl)CN1C(=O)[C@@H](NC(=O)[C@@H](NC(=O)c1cnccn1)C1CCCCC1)C(C)(C)C)C(=O)C(=O)NC1CC1. The van der Waals surface area contributed by atoms with Crippen molar-refractivity contribution < 1.29 is 33.5 Å². The number of rotatable bonds is 15. The summed E-state index contributed by atoms with van der Waals surface area (Å²) in [5.74, 6) is -3.49. The summed E-state index contributed by atoms with van der Waals surface area (Å²) in [5, 5.41) is 11.7. The van der Waals surface area contributed by atoms with Crippen LogP contribution < -0.4 is 26.0 Å². The van der Waals surface area contributed by atoms with E-state index in [0.29, 0.717) is 17.2 Å². The molecule has 5 amide bonds. The van der Waals surface area contributed by atoms with E-state index in [2.05, 4.69) is 53.8 Å². The topological polar surface area (TPSA) is 189 Å². The largest absolute Gasteiger partial charge is 0.487 e. The molecular weight excluding hydrogens is 841 g/mol. The second kappa shape index (κ2) is 18.9. The summed E-state index contributed by atoms with van der Waals surface area (Å²) >= 11 is 8.61. The molecule has 2 aromatic rings. The third-order valence-electron chi connectivity index (χ3n) is 10.3. The van der Waals surface area contributed by atoms with Gasteiger partial charge < -0.3 is 30.9 Å². The van der Waals surface area contributed by atoms with Gasteiger partial charge in [-0.05, 0) is 84.2 Å². The van der Waals surface area contributed by atoms with Gasteiger partial charge in [0.2, 0.25) is 23.5 Å². The Morgan fingerprint density at radius 2 is 1.73 bits per heavy atom. The standard InChI is InChI=1S/C39H51ClIN7O7/c1-5-9-27(32(49)37(53)44-24-13-14-24)45-35(51)29-19-25(55-30-18-23(41)12-15-26(30)40)21-48(29)38(54)33(39(2,3)4)47-36(52)31(22-10-7-6-8-11-22)46-34(50)28-20-42-16-17-43-28/h12,15-18,20,22,24-25,27,29,31,33H,5-11,13-14,19,21H2,1-4H3,(H,44,53)(H,45,51)(H,46,50)(H,47,52)/t25-,27+,29?,31+,33-/m1/s1. The average Bonchev–Trinajstić information content (AvgIpc) is 3.88. The molecule has 3 fully saturated rings. The fourth-order valence-electron chi connectivity index (χ4n) is 7.13. The monoisotopic (exact) mass is 891 g/mol. The normalized spacial score (nSPS) is 20.4. The molecule has 298 valence electrons. The fraction of sp³-hybridized carbons (Fsp3) is 0.590. The van der Waals surface area contributed by atoms with E-state index in [0.717, 1.165) is 48.5 Å². The minimum atomic E-state index is -1.13. The van der Waals surface area contributed by atoms with Crippen molar-refractivity contribution in [1.82, 2.24) is 36.1 Å². The number of ketones is 1. The van der Waals surface area contributed by atoms with Crippen molar-refractivity contribution in [3.63, 3.8) is 0 Å². The van der Waals surface area contributed by atoms with Gasteiger partial charge >= 0.3 is 0 Å². The molecular formula is C39H51ClIN7O7. The Bertz CT molecular complexity index is 1730. The molecule has 1 aliphatic heterocycles. The minimum absolute atomic E-state index is 0.0226. The van der Waals surface area contributed by atoms with Crippen LogP contribution >= 0.6 is 34.2 Å². The van der Waals surface area contributed by atoms with Crippen LogP contribution in [0.5, 0.6) is 5.75 Å². The number of benzene rings is 1. The van der Waals surface area contributed by atoms with Crippen molar-refractivity contribution in [1.29, 1.82) is 0 Å². The van der Waals surface area contributed by atoms with Crippen LogP contribution in [0.1, 0.15) is 102 Å². The molecule has 5 rings (SSSR count). The number of aromatic nitrogens is 2. The molecule has 1 saturated heterocycles. The van der Waals surface area contributed by atoms with Crippen LogP contribution in [0.3, 0.4) is 0 Å². The number of carbonyl (C=O) groups is 6. The number of hydrogen-bond acceptors (Lipinski definition) is 9. The van der Waals surface area contributed by atoms with Crippen LogP contribution in [0.25, 0.3) is 0 Å². The first-order chi connectivity index (χ1) is 26.2. The molecule has 16 heteroatoms. The van der Waals surface area contributed by atoms with E-state index in [1.54, 1.807) is 12.1 Å². The summed E-state index contributed by atoms with van der Waals surface area (Å²) in [4.78, 5) is 91.9. The van der Waals surface area contributed by atoms with Gasteiger partial charge in [0.1, 0.15) is 35.7 Å². The zero-order valence-corrected chi connectivity index (χ0v) is 34.7. The van der Waals surface area contributed by atoms with Crippen molar-refractivity contribution in [3.05, 3.63) is 51.1 Å². The van der Waals surface area contributed by atoms with E-state index in [1.807, 2.05) is 33.8 Å². The lowest BCUT2D eigenvalue weighted by Gasteiger charge is -2.37. The summed E-state index contributed by atoms with van der Waals surface area (Å²) in [7, 11) is 0. The predicted octanol–water partition coefficient (Wildman–Crippen LogP) is 4.13. The number of nitrogens with one attached hydrogen (secondary N) is 4. The highest BCUT2D eigenvalue weighted by Gasteiger charge is 2.47. The first-order valence-electron chi connectivity index (χ1n) is 19.1. The Kier molecular flexibility index (Phi) is 14.5. The van der Waals surface area contributed by atoms with Crippen molar-refractivity contribution in [2.75, 3.05) is 6.54 Å². The minimum Gasteiger partial charge on any atom is -0.487 e. The molecule has 55 heavy (non-hydrogen) atoms. The smallest absolute Gasteiger partial charge is 0.289 e. The van der Waals surface area contributed by atoms with Crippen molar-refractivity contribution in [2.45, 2.75) is 128 Å². The zero-order chi connectivity index (χ0) is 39.9. The van der Waals surface area contributed by atoms with Gasteiger partial charge in [0, 0.05) is 28.4 Å². The van der Waals surface area contributed by atoms with Crippen LogP contribution in [-0.2, 0) is 24.0 Å². The first-order valence-corrected chi connectivity index (χ1v) is 20.6. The molecule has 0 bridgehead atoms. The number of Topliss-reactive ketones (excluding diaryl/α,β-unsaturated/α-hetero) is 1. The van der Waals surface area contributed by atoms with Gasteiger partial charge in [-0.25, -0.2) is 4.98 Å². The Labute approximate surface area is 340 Å². The lowest BCUT2D eigenvalue weighted by atomic mass is 9.82. The molecule has 0 radical (unpaired) electrons. The van der Waals surface area contributed by atoms with Crippen molar-refractivity contribution >= 4 is 69.5 Å². The predicted molar refractivity (Wildman–Crippen MR) is 213 cm³/mol.